The van der Waals surface area contributed by atoms with E-state index in [1.165, 1.54) is 42.7 Å². The van der Waals surface area contributed by atoms with Crippen LogP contribution < -0.4 is 14.8 Å². The number of unbranched alkanes of at least 4 members (excludes halogenated alkanes) is 1. The zero-order valence-corrected chi connectivity index (χ0v) is 18.2. The van der Waals surface area contributed by atoms with Crippen molar-refractivity contribution in [2.75, 3.05) is 33.4 Å². The molecule has 0 aromatic heterocycles. The standard InChI is InChI=1S/C25H31FN2O3/c1-30-22-7-6-8-23-21(22)17-25(18-31-23)13-2-4-15-28(25)16-5-3-14-27-24(29)19-9-11-20(26)12-10-19/h6-12H,2-5,13-18H2,1H3,(H,27,29). The van der Waals surface area contributed by atoms with E-state index in [1.54, 1.807) is 7.11 Å². The van der Waals surface area contributed by atoms with Crippen LogP contribution in [-0.2, 0) is 6.42 Å². The molecule has 31 heavy (non-hydrogen) atoms. The summed E-state index contributed by atoms with van der Waals surface area (Å²) in [6.07, 6.45) is 6.42. The molecule has 2 aliphatic rings. The number of benzene rings is 2. The number of likely N-dealkylation sites (tertiary alicyclic amines) is 1. The Labute approximate surface area is 183 Å². The van der Waals surface area contributed by atoms with Crippen LogP contribution in [0.15, 0.2) is 42.5 Å². The minimum Gasteiger partial charge on any atom is -0.496 e. The molecule has 1 fully saturated rings. The Balaban J connectivity index is 1.30. The van der Waals surface area contributed by atoms with E-state index in [2.05, 4.69) is 10.2 Å². The van der Waals surface area contributed by atoms with E-state index in [9.17, 15) is 9.18 Å². The van der Waals surface area contributed by atoms with Gasteiger partial charge < -0.3 is 14.8 Å². The summed E-state index contributed by atoms with van der Waals surface area (Å²) in [7, 11) is 1.72. The molecule has 5 nitrogen and oxygen atoms in total. The van der Waals surface area contributed by atoms with E-state index >= 15 is 0 Å². The van der Waals surface area contributed by atoms with Crippen LogP contribution in [0.25, 0.3) is 0 Å². The summed E-state index contributed by atoms with van der Waals surface area (Å²) in [6, 6.07) is 11.7. The maximum absolute atomic E-state index is 13.0. The van der Waals surface area contributed by atoms with Crippen molar-refractivity contribution in [1.82, 2.24) is 10.2 Å². The van der Waals surface area contributed by atoms with Gasteiger partial charge >= 0.3 is 0 Å². The molecule has 166 valence electrons. The van der Waals surface area contributed by atoms with E-state index in [1.807, 2.05) is 18.2 Å². The molecule has 2 aromatic rings. The van der Waals surface area contributed by atoms with Crippen LogP contribution in [0.3, 0.4) is 0 Å². The predicted octanol–water partition coefficient (Wildman–Crippen LogP) is 4.20. The number of carbonyl (C=O) groups excluding carboxylic acids is 1. The van der Waals surface area contributed by atoms with Crippen LogP contribution in [-0.4, -0.2) is 49.7 Å². The van der Waals surface area contributed by atoms with E-state index in [0.29, 0.717) is 18.7 Å². The van der Waals surface area contributed by atoms with Gasteiger partial charge in [0, 0.05) is 24.1 Å². The monoisotopic (exact) mass is 426 g/mol. The highest BCUT2D eigenvalue weighted by Crippen LogP contribution is 2.42. The van der Waals surface area contributed by atoms with E-state index in [-0.39, 0.29) is 17.3 Å². The number of amides is 1. The van der Waals surface area contributed by atoms with Gasteiger partial charge in [-0.05, 0) is 75.2 Å². The summed E-state index contributed by atoms with van der Waals surface area (Å²) < 4.78 is 24.8. The number of nitrogens with zero attached hydrogens (tertiary/aromatic N) is 1. The number of halogens is 1. The second-order valence-electron chi connectivity index (χ2n) is 8.54. The third kappa shape index (κ3) is 4.85. The fourth-order valence-electron chi connectivity index (χ4n) is 4.84. The highest BCUT2D eigenvalue weighted by Gasteiger charge is 2.43. The van der Waals surface area contributed by atoms with Gasteiger partial charge in [-0.25, -0.2) is 4.39 Å². The van der Waals surface area contributed by atoms with Crippen LogP contribution in [0.1, 0.15) is 48.0 Å². The molecule has 1 saturated heterocycles. The Morgan fingerprint density at radius 3 is 2.84 bits per heavy atom. The van der Waals surface area contributed by atoms with Gasteiger partial charge in [-0.15, -0.1) is 0 Å². The lowest BCUT2D eigenvalue weighted by molar-refractivity contribution is -0.00539. The van der Waals surface area contributed by atoms with Crippen molar-refractivity contribution in [2.45, 2.75) is 44.1 Å². The number of nitrogens with one attached hydrogen (secondary N) is 1. The Bertz CT molecular complexity index is 888. The molecule has 0 aliphatic carbocycles. The first kappa shape index (κ1) is 21.6. The van der Waals surface area contributed by atoms with Crippen molar-refractivity contribution in [2.24, 2.45) is 0 Å². The maximum atomic E-state index is 13.0. The number of piperidine rings is 1. The number of rotatable bonds is 7. The molecule has 4 rings (SSSR count). The van der Waals surface area contributed by atoms with Crippen molar-refractivity contribution < 1.29 is 18.7 Å². The minimum atomic E-state index is -0.334. The number of hydrogen-bond acceptors (Lipinski definition) is 4. The Kier molecular flexibility index (Phi) is 6.76. The number of carbonyl (C=O) groups is 1. The van der Waals surface area contributed by atoms with E-state index in [0.717, 1.165) is 50.3 Å². The third-order valence-corrected chi connectivity index (χ3v) is 6.55. The van der Waals surface area contributed by atoms with Crippen LogP contribution in [0.2, 0.25) is 0 Å². The van der Waals surface area contributed by atoms with E-state index < -0.39 is 0 Å². The molecule has 6 heteroatoms. The van der Waals surface area contributed by atoms with E-state index in [4.69, 9.17) is 9.47 Å². The van der Waals surface area contributed by atoms with Crippen molar-refractivity contribution in [3.05, 3.63) is 59.4 Å². The number of hydrogen-bond donors (Lipinski definition) is 1. The van der Waals surface area contributed by atoms with Gasteiger partial charge in [-0.2, -0.15) is 0 Å². The topological polar surface area (TPSA) is 50.8 Å². The molecular weight excluding hydrogens is 395 g/mol. The molecule has 0 bridgehead atoms. The Morgan fingerprint density at radius 1 is 1.19 bits per heavy atom. The van der Waals surface area contributed by atoms with Crippen molar-refractivity contribution in [3.63, 3.8) is 0 Å². The largest absolute Gasteiger partial charge is 0.496 e. The van der Waals surface area contributed by atoms with Gasteiger partial charge in [0.15, 0.2) is 0 Å². The molecular formula is C25H31FN2O3. The molecule has 1 N–H and O–H groups in total. The maximum Gasteiger partial charge on any atom is 0.251 e. The Hall–Kier alpha value is -2.60. The summed E-state index contributed by atoms with van der Waals surface area (Å²) >= 11 is 0. The minimum absolute atomic E-state index is 0.0250. The summed E-state index contributed by atoms with van der Waals surface area (Å²) in [6.45, 7) is 3.40. The lowest BCUT2D eigenvalue weighted by Gasteiger charge is -2.49. The molecule has 2 heterocycles. The molecule has 1 spiro atoms. The molecule has 1 atom stereocenters. The molecule has 2 aliphatic heterocycles. The molecule has 0 saturated carbocycles. The number of methoxy groups -OCH3 is 1. The van der Waals surface area contributed by atoms with Gasteiger partial charge in [0.1, 0.15) is 23.9 Å². The summed E-state index contributed by atoms with van der Waals surface area (Å²) in [5.41, 5.74) is 1.69. The average molecular weight is 427 g/mol. The highest BCUT2D eigenvalue weighted by molar-refractivity contribution is 5.94. The first-order valence-corrected chi connectivity index (χ1v) is 11.2. The van der Waals surface area contributed by atoms with Crippen LogP contribution in [0.5, 0.6) is 11.5 Å². The van der Waals surface area contributed by atoms with Crippen molar-refractivity contribution in [1.29, 1.82) is 0 Å². The second kappa shape index (κ2) is 9.69. The lowest BCUT2D eigenvalue weighted by Crippen LogP contribution is -2.58. The fourth-order valence-corrected chi connectivity index (χ4v) is 4.84. The summed E-state index contributed by atoms with van der Waals surface area (Å²) in [5.74, 6) is 1.36. The second-order valence-corrected chi connectivity index (χ2v) is 8.54. The average Bonchev–Trinajstić information content (AvgIpc) is 2.80. The van der Waals surface area contributed by atoms with Gasteiger partial charge in [0.2, 0.25) is 0 Å². The van der Waals surface area contributed by atoms with Gasteiger partial charge in [-0.1, -0.05) is 12.5 Å². The van der Waals surface area contributed by atoms with Gasteiger partial charge in [0.25, 0.3) is 5.91 Å². The third-order valence-electron chi connectivity index (χ3n) is 6.55. The molecule has 1 unspecified atom stereocenters. The SMILES string of the molecule is COc1cccc2c1CC1(CCCCN1CCCCNC(=O)c1ccc(F)cc1)CO2. The van der Waals surface area contributed by atoms with Gasteiger partial charge in [0.05, 0.1) is 12.6 Å². The quantitative estimate of drug-likeness (QED) is 0.674. The first-order valence-electron chi connectivity index (χ1n) is 11.2. The first-order chi connectivity index (χ1) is 15.1. The van der Waals surface area contributed by atoms with Crippen molar-refractivity contribution >= 4 is 5.91 Å². The van der Waals surface area contributed by atoms with Crippen molar-refractivity contribution in [3.8, 4) is 11.5 Å². The predicted molar refractivity (Wildman–Crippen MR) is 118 cm³/mol. The number of ether oxygens (including phenoxy) is 2. The molecule has 0 radical (unpaired) electrons. The summed E-state index contributed by atoms with van der Waals surface area (Å²) in [4.78, 5) is 14.8. The normalized spacial score (nSPS) is 20.7. The Morgan fingerprint density at radius 2 is 2.03 bits per heavy atom. The van der Waals surface area contributed by atoms with Gasteiger partial charge in [-0.3, -0.25) is 9.69 Å². The lowest BCUT2D eigenvalue weighted by atomic mass is 9.79. The molecule has 2 aromatic carbocycles. The summed E-state index contributed by atoms with van der Waals surface area (Å²) in [5, 5.41) is 2.93. The zero-order valence-electron chi connectivity index (χ0n) is 18.2. The highest BCUT2D eigenvalue weighted by atomic mass is 19.1. The zero-order chi connectivity index (χ0) is 21.7. The number of fused-ring (bicyclic) bond motifs is 1. The fraction of sp³-hybridized carbons (Fsp3) is 0.480. The van der Waals surface area contributed by atoms with Crippen LogP contribution in [0.4, 0.5) is 4.39 Å². The van der Waals surface area contributed by atoms with Crippen LogP contribution in [0, 0.1) is 5.82 Å². The smallest absolute Gasteiger partial charge is 0.251 e. The molecule has 1 amide bonds. The van der Waals surface area contributed by atoms with Crippen LogP contribution >= 0.6 is 0 Å².